The standard InChI is InChI=1S/C29H31ClN2O5S/c1-6-9-22-25(28(34)36-7-2)26(18-10-8-11-21(15-18)35-5)32-27(33)24(38-29(32)31-22)16-19-14-20(30)12-13-23(19)37-17(3)4/h8,10-17,26H,6-7,9H2,1-5H3/b24-16+/t26-/m0/s1. The third-order valence-electron chi connectivity index (χ3n) is 5.92. The quantitative estimate of drug-likeness (QED) is 0.347. The Labute approximate surface area is 230 Å². The van der Waals surface area contributed by atoms with Crippen molar-refractivity contribution in [2.24, 2.45) is 4.99 Å². The van der Waals surface area contributed by atoms with Gasteiger partial charge in [0.15, 0.2) is 4.80 Å². The molecule has 0 unspecified atom stereocenters. The molecule has 200 valence electrons. The topological polar surface area (TPSA) is 79.1 Å². The second kappa shape index (κ2) is 12.0. The zero-order valence-electron chi connectivity index (χ0n) is 22.1. The summed E-state index contributed by atoms with van der Waals surface area (Å²) in [6.45, 7) is 7.87. The number of allylic oxidation sites excluding steroid dienone is 1. The van der Waals surface area contributed by atoms with Crippen molar-refractivity contribution in [3.8, 4) is 11.5 Å². The molecule has 0 saturated carbocycles. The molecule has 0 amide bonds. The Kier molecular flexibility index (Phi) is 8.74. The maximum atomic E-state index is 14.0. The minimum absolute atomic E-state index is 0.0543. The van der Waals surface area contributed by atoms with Crippen LogP contribution in [0.15, 0.2) is 63.5 Å². The number of thiazole rings is 1. The van der Waals surface area contributed by atoms with Crippen LogP contribution in [0.1, 0.15) is 57.7 Å². The van der Waals surface area contributed by atoms with Gasteiger partial charge < -0.3 is 14.2 Å². The Bertz CT molecular complexity index is 1550. The van der Waals surface area contributed by atoms with Gasteiger partial charge in [-0.05, 0) is 69.2 Å². The van der Waals surface area contributed by atoms with Gasteiger partial charge >= 0.3 is 5.97 Å². The number of esters is 1. The molecule has 0 fully saturated rings. The van der Waals surface area contributed by atoms with Gasteiger partial charge in [-0.2, -0.15) is 0 Å². The second-order valence-corrected chi connectivity index (χ2v) is 10.5. The number of ether oxygens (including phenoxy) is 3. The van der Waals surface area contributed by atoms with E-state index in [0.717, 1.165) is 12.0 Å². The molecule has 2 heterocycles. The van der Waals surface area contributed by atoms with Gasteiger partial charge in [0.25, 0.3) is 5.56 Å². The van der Waals surface area contributed by atoms with Gasteiger partial charge in [-0.25, -0.2) is 9.79 Å². The molecular formula is C29H31ClN2O5S. The number of rotatable bonds is 9. The average Bonchev–Trinajstić information content (AvgIpc) is 3.19. The van der Waals surface area contributed by atoms with Crippen LogP contribution in [0.5, 0.6) is 11.5 Å². The summed E-state index contributed by atoms with van der Waals surface area (Å²) < 4.78 is 18.9. The normalized spacial score (nSPS) is 15.3. The Morgan fingerprint density at radius 2 is 2.00 bits per heavy atom. The lowest BCUT2D eigenvalue weighted by Crippen LogP contribution is -2.40. The number of aromatic nitrogens is 1. The monoisotopic (exact) mass is 554 g/mol. The SMILES string of the molecule is CCCC1=C(C(=O)OCC)[C@H](c2cccc(OC)c2)n2c(s/c(=C/c3cc(Cl)ccc3OC(C)C)c2=O)=N1. The Morgan fingerprint density at radius 3 is 2.68 bits per heavy atom. The summed E-state index contributed by atoms with van der Waals surface area (Å²) in [5.74, 6) is 0.763. The number of halogens is 1. The van der Waals surface area contributed by atoms with Crippen molar-refractivity contribution < 1.29 is 19.0 Å². The van der Waals surface area contributed by atoms with Crippen LogP contribution in [0.25, 0.3) is 6.08 Å². The van der Waals surface area contributed by atoms with Gasteiger partial charge in [0, 0.05) is 10.6 Å². The van der Waals surface area contributed by atoms with E-state index in [1.807, 2.05) is 45.0 Å². The number of carbonyl (C=O) groups excluding carboxylic acids is 1. The molecule has 9 heteroatoms. The zero-order valence-corrected chi connectivity index (χ0v) is 23.7. The fourth-order valence-electron chi connectivity index (χ4n) is 4.38. The third kappa shape index (κ3) is 5.71. The minimum Gasteiger partial charge on any atom is -0.497 e. The summed E-state index contributed by atoms with van der Waals surface area (Å²) >= 11 is 7.55. The second-order valence-electron chi connectivity index (χ2n) is 9.04. The van der Waals surface area contributed by atoms with E-state index >= 15 is 0 Å². The first kappa shape index (κ1) is 27.7. The molecule has 1 atom stereocenters. The Hall–Kier alpha value is -3.36. The summed E-state index contributed by atoms with van der Waals surface area (Å²) in [5, 5.41) is 0.532. The molecule has 1 aliphatic rings. The summed E-state index contributed by atoms with van der Waals surface area (Å²) in [6, 6.07) is 12.0. The van der Waals surface area contributed by atoms with Gasteiger partial charge in [0.2, 0.25) is 0 Å². The molecule has 4 rings (SSSR count). The predicted molar refractivity (Wildman–Crippen MR) is 150 cm³/mol. The van der Waals surface area contributed by atoms with Crippen molar-refractivity contribution in [2.45, 2.75) is 52.7 Å². The highest BCUT2D eigenvalue weighted by Gasteiger charge is 2.34. The van der Waals surface area contributed by atoms with E-state index in [9.17, 15) is 9.59 Å². The van der Waals surface area contributed by atoms with E-state index in [2.05, 4.69) is 0 Å². The smallest absolute Gasteiger partial charge is 0.338 e. The first-order valence-electron chi connectivity index (χ1n) is 12.6. The number of benzene rings is 2. The summed E-state index contributed by atoms with van der Waals surface area (Å²) in [5.41, 5.74) is 2.14. The van der Waals surface area contributed by atoms with Crippen LogP contribution >= 0.6 is 22.9 Å². The molecule has 1 aromatic heterocycles. The van der Waals surface area contributed by atoms with Gasteiger partial charge in [-0.1, -0.05) is 48.4 Å². The molecule has 3 aromatic rings. The molecule has 0 radical (unpaired) electrons. The van der Waals surface area contributed by atoms with Gasteiger partial charge in [0.1, 0.15) is 11.5 Å². The highest BCUT2D eigenvalue weighted by Crippen LogP contribution is 2.34. The van der Waals surface area contributed by atoms with Crippen molar-refractivity contribution in [1.82, 2.24) is 4.57 Å². The zero-order chi connectivity index (χ0) is 27.4. The van der Waals surface area contributed by atoms with Crippen molar-refractivity contribution in [2.75, 3.05) is 13.7 Å². The van der Waals surface area contributed by atoms with Crippen molar-refractivity contribution in [3.63, 3.8) is 0 Å². The highest BCUT2D eigenvalue weighted by atomic mass is 35.5. The Morgan fingerprint density at radius 1 is 1.21 bits per heavy atom. The highest BCUT2D eigenvalue weighted by molar-refractivity contribution is 7.07. The molecule has 0 bridgehead atoms. The maximum Gasteiger partial charge on any atom is 0.338 e. The largest absolute Gasteiger partial charge is 0.497 e. The fraction of sp³-hybridized carbons (Fsp3) is 0.345. The molecule has 1 aliphatic heterocycles. The van der Waals surface area contributed by atoms with E-state index in [1.165, 1.54) is 11.3 Å². The van der Waals surface area contributed by atoms with E-state index in [0.29, 0.717) is 49.1 Å². The fourth-order valence-corrected chi connectivity index (χ4v) is 5.57. The number of carbonyl (C=O) groups is 1. The number of methoxy groups -OCH3 is 1. The molecule has 2 aromatic carbocycles. The summed E-state index contributed by atoms with van der Waals surface area (Å²) in [7, 11) is 1.58. The lowest BCUT2D eigenvalue weighted by molar-refractivity contribution is -0.139. The molecule has 38 heavy (non-hydrogen) atoms. The number of hydrogen-bond acceptors (Lipinski definition) is 7. The van der Waals surface area contributed by atoms with Gasteiger partial charge in [-0.15, -0.1) is 0 Å². The van der Waals surface area contributed by atoms with Gasteiger partial charge in [-0.3, -0.25) is 9.36 Å². The number of nitrogens with zero attached hydrogens (tertiary/aromatic N) is 2. The van der Waals surface area contributed by atoms with Crippen LogP contribution in [-0.4, -0.2) is 30.4 Å². The predicted octanol–water partition coefficient (Wildman–Crippen LogP) is 5.03. The van der Waals surface area contributed by atoms with Crippen LogP contribution in [0, 0.1) is 0 Å². The molecule has 0 spiro atoms. The maximum absolute atomic E-state index is 14.0. The van der Waals surface area contributed by atoms with E-state index < -0.39 is 12.0 Å². The number of hydrogen-bond donors (Lipinski definition) is 0. The molecule has 0 aliphatic carbocycles. The van der Waals surface area contributed by atoms with Crippen molar-refractivity contribution in [1.29, 1.82) is 0 Å². The van der Waals surface area contributed by atoms with Crippen LogP contribution in [0.2, 0.25) is 5.02 Å². The third-order valence-corrected chi connectivity index (χ3v) is 7.14. The lowest BCUT2D eigenvalue weighted by Gasteiger charge is -2.26. The van der Waals surface area contributed by atoms with Crippen molar-refractivity contribution in [3.05, 3.63) is 89.6 Å². The van der Waals surface area contributed by atoms with E-state index in [4.69, 9.17) is 30.8 Å². The molecule has 0 N–H and O–H groups in total. The van der Waals surface area contributed by atoms with Crippen LogP contribution in [0.3, 0.4) is 0 Å². The minimum atomic E-state index is -0.713. The Balaban J connectivity index is 2.00. The van der Waals surface area contributed by atoms with Crippen molar-refractivity contribution >= 4 is 35.0 Å². The average molecular weight is 555 g/mol. The molecule has 7 nitrogen and oxygen atoms in total. The summed E-state index contributed by atoms with van der Waals surface area (Å²) in [6.07, 6.45) is 3.06. The van der Waals surface area contributed by atoms with Gasteiger partial charge in [0.05, 0.1) is 41.7 Å². The number of fused-ring (bicyclic) bond motifs is 1. The van der Waals surface area contributed by atoms with E-state index in [-0.39, 0.29) is 18.3 Å². The first-order chi connectivity index (χ1) is 18.3. The first-order valence-corrected chi connectivity index (χ1v) is 13.8. The van der Waals surface area contributed by atoms with Crippen LogP contribution in [-0.2, 0) is 9.53 Å². The summed E-state index contributed by atoms with van der Waals surface area (Å²) in [4.78, 5) is 32.6. The molecular weight excluding hydrogens is 524 g/mol. The lowest BCUT2D eigenvalue weighted by atomic mass is 9.94. The van der Waals surface area contributed by atoms with E-state index in [1.54, 1.807) is 42.9 Å². The molecule has 0 saturated heterocycles. The van der Waals surface area contributed by atoms with Crippen LogP contribution in [0.4, 0.5) is 0 Å². The van der Waals surface area contributed by atoms with Crippen LogP contribution < -0.4 is 24.4 Å².